The zero-order chi connectivity index (χ0) is 13.5. The summed E-state index contributed by atoms with van der Waals surface area (Å²) in [6, 6.07) is 0. The molecule has 19 heavy (non-hydrogen) atoms. The molecular formula is C12H20N4O2S. The Kier molecular flexibility index (Phi) is 3.36. The SMILES string of the molecule is Cc1cnc(C2CCN(S(=O)(=O)N3CCCC3)C2)[nH]1. The van der Waals surface area contributed by atoms with Gasteiger partial charge in [-0.25, -0.2) is 4.98 Å². The summed E-state index contributed by atoms with van der Waals surface area (Å²) in [5.41, 5.74) is 1.02. The highest BCUT2D eigenvalue weighted by atomic mass is 32.2. The van der Waals surface area contributed by atoms with Gasteiger partial charge in [-0.2, -0.15) is 17.0 Å². The van der Waals surface area contributed by atoms with Gasteiger partial charge in [0, 0.05) is 44.0 Å². The highest BCUT2D eigenvalue weighted by molar-refractivity contribution is 7.86. The topological polar surface area (TPSA) is 69.3 Å². The second-order valence-corrected chi connectivity index (χ2v) is 7.34. The third kappa shape index (κ3) is 2.42. The van der Waals surface area contributed by atoms with Crippen molar-refractivity contribution in [2.45, 2.75) is 32.1 Å². The van der Waals surface area contributed by atoms with Crippen LogP contribution in [0.4, 0.5) is 0 Å². The summed E-state index contributed by atoms with van der Waals surface area (Å²) < 4.78 is 28.1. The molecule has 3 rings (SSSR count). The lowest BCUT2D eigenvalue weighted by molar-refractivity contribution is 0.395. The predicted octanol–water partition coefficient (Wildman–Crippen LogP) is 0.848. The van der Waals surface area contributed by atoms with Gasteiger partial charge in [0.1, 0.15) is 5.82 Å². The highest BCUT2D eigenvalue weighted by Gasteiger charge is 2.37. The van der Waals surface area contributed by atoms with Gasteiger partial charge in [0.25, 0.3) is 10.2 Å². The van der Waals surface area contributed by atoms with Gasteiger partial charge in [0.05, 0.1) is 0 Å². The van der Waals surface area contributed by atoms with Gasteiger partial charge in [-0.1, -0.05) is 0 Å². The standard InChI is InChI=1S/C12H20N4O2S/c1-10-8-13-12(14-10)11-4-7-16(9-11)19(17,18)15-5-2-3-6-15/h8,11H,2-7,9H2,1H3,(H,13,14). The maximum atomic E-state index is 12.4. The maximum Gasteiger partial charge on any atom is 0.281 e. The Balaban J connectivity index is 1.71. The monoisotopic (exact) mass is 284 g/mol. The minimum absolute atomic E-state index is 0.200. The van der Waals surface area contributed by atoms with Crippen LogP contribution in [0.3, 0.4) is 0 Å². The number of aromatic amines is 1. The molecule has 2 saturated heterocycles. The van der Waals surface area contributed by atoms with Crippen LogP contribution in [-0.2, 0) is 10.2 Å². The molecule has 2 fully saturated rings. The highest BCUT2D eigenvalue weighted by Crippen LogP contribution is 2.29. The minimum Gasteiger partial charge on any atom is -0.346 e. The van der Waals surface area contributed by atoms with Gasteiger partial charge in [-0.3, -0.25) is 0 Å². The summed E-state index contributed by atoms with van der Waals surface area (Å²) in [7, 11) is -3.25. The van der Waals surface area contributed by atoms with Crippen LogP contribution in [0.5, 0.6) is 0 Å². The lowest BCUT2D eigenvalue weighted by atomic mass is 10.1. The fourth-order valence-electron chi connectivity index (χ4n) is 2.88. The van der Waals surface area contributed by atoms with E-state index in [1.165, 1.54) is 0 Å². The van der Waals surface area contributed by atoms with Gasteiger partial charge in [0.15, 0.2) is 0 Å². The Morgan fingerprint density at radius 3 is 2.63 bits per heavy atom. The fourth-order valence-corrected chi connectivity index (χ4v) is 4.63. The molecular weight excluding hydrogens is 264 g/mol. The van der Waals surface area contributed by atoms with Crippen LogP contribution in [0.15, 0.2) is 6.20 Å². The van der Waals surface area contributed by atoms with Gasteiger partial charge in [-0.15, -0.1) is 0 Å². The quantitative estimate of drug-likeness (QED) is 0.894. The van der Waals surface area contributed by atoms with E-state index in [1.54, 1.807) is 14.8 Å². The van der Waals surface area contributed by atoms with E-state index in [1.807, 2.05) is 6.92 Å². The van der Waals surface area contributed by atoms with E-state index in [9.17, 15) is 8.42 Å². The summed E-state index contributed by atoms with van der Waals surface area (Å²) in [5.74, 6) is 1.11. The Morgan fingerprint density at radius 1 is 1.26 bits per heavy atom. The molecule has 1 aromatic rings. The number of aromatic nitrogens is 2. The predicted molar refractivity (Wildman–Crippen MR) is 72.0 cm³/mol. The Morgan fingerprint density at radius 2 is 2.00 bits per heavy atom. The number of hydrogen-bond acceptors (Lipinski definition) is 3. The number of nitrogens with zero attached hydrogens (tertiary/aromatic N) is 3. The summed E-state index contributed by atoms with van der Waals surface area (Å²) in [6.07, 6.45) is 4.61. The molecule has 6 nitrogen and oxygen atoms in total. The van der Waals surface area contributed by atoms with Gasteiger partial charge in [0.2, 0.25) is 0 Å². The van der Waals surface area contributed by atoms with Crippen molar-refractivity contribution in [2.75, 3.05) is 26.2 Å². The molecule has 0 aromatic carbocycles. The molecule has 1 aromatic heterocycles. The third-order valence-electron chi connectivity index (χ3n) is 3.98. The first-order valence-corrected chi connectivity index (χ1v) is 8.24. The van der Waals surface area contributed by atoms with Crippen LogP contribution in [0.25, 0.3) is 0 Å². The average molecular weight is 284 g/mol. The molecule has 1 unspecified atom stereocenters. The molecule has 0 bridgehead atoms. The van der Waals surface area contributed by atoms with E-state index in [2.05, 4.69) is 9.97 Å². The number of hydrogen-bond donors (Lipinski definition) is 1. The maximum absolute atomic E-state index is 12.4. The molecule has 1 atom stereocenters. The first-order chi connectivity index (χ1) is 9.07. The molecule has 0 spiro atoms. The molecule has 7 heteroatoms. The molecule has 0 aliphatic carbocycles. The van der Waals surface area contributed by atoms with E-state index in [0.717, 1.165) is 30.8 Å². The van der Waals surface area contributed by atoms with Crippen molar-refractivity contribution in [3.05, 3.63) is 17.7 Å². The number of aryl methyl sites for hydroxylation is 1. The zero-order valence-corrected chi connectivity index (χ0v) is 12.0. The molecule has 2 aliphatic rings. The van der Waals surface area contributed by atoms with Crippen molar-refractivity contribution in [2.24, 2.45) is 0 Å². The molecule has 0 amide bonds. The summed E-state index contributed by atoms with van der Waals surface area (Å²) >= 11 is 0. The number of H-pyrrole nitrogens is 1. The third-order valence-corrected chi connectivity index (χ3v) is 5.98. The summed E-state index contributed by atoms with van der Waals surface area (Å²) in [4.78, 5) is 7.53. The fraction of sp³-hybridized carbons (Fsp3) is 0.750. The average Bonchev–Trinajstić information content (AvgIpc) is 3.10. The molecule has 106 valence electrons. The first kappa shape index (κ1) is 13.1. The van der Waals surface area contributed by atoms with Crippen LogP contribution in [-0.4, -0.2) is 53.2 Å². The van der Waals surface area contributed by atoms with Crippen molar-refractivity contribution in [3.8, 4) is 0 Å². The van der Waals surface area contributed by atoms with Gasteiger partial charge >= 0.3 is 0 Å². The second kappa shape index (κ2) is 4.88. The van der Waals surface area contributed by atoms with Crippen molar-refractivity contribution in [1.82, 2.24) is 18.6 Å². The van der Waals surface area contributed by atoms with E-state index in [-0.39, 0.29) is 5.92 Å². The smallest absolute Gasteiger partial charge is 0.281 e. The lowest BCUT2D eigenvalue weighted by Crippen LogP contribution is -2.41. The molecule has 0 saturated carbocycles. The molecule has 0 radical (unpaired) electrons. The van der Waals surface area contributed by atoms with Crippen LogP contribution in [0, 0.1) is 6.92 Å². The Hall–Kier alpha value is -0.920. The van der Waals surface area contributed by atoms with E-state index >= 15 is 0 Å². The number of rotatable bonds is 3. The first-order valence-electron chi connectivity index (χ1n) is 6.84. The van der Waals surface area contributed by atoms with E-state index in [4.69, 9.17) is 0 Å². The molecule has 3 heterocycles. The Bertz CT molecular complexity index is 548. The van der Waals surface area contributed by atoms with Crippen molar-refractivity contribution in [3.63, 3.8) is 0 Å². The van der Waals surface area contributed by atoms with Crippen LogP contribution in [0.1, 0.15) is 36.7 Å². The van der Waals surface area contributed by atoms with Crippen LogP contribution in [0.2, 0.25) is 0 Å². The van der Waals surface area contributed by atoms with Gasteiger partial charge in [-0.05, 0) is 26.2 Å². The Labute approximate surface area is 114 Å². The van der Waals surface area contributed by atoms with Crippen molar-refractivity contribution >= 4 is 10.2 Å². The van der Waals surface area contributed by atoms with E-state index in [0.29, 0.717) is 26.2 Å². The van der Waals surface area contributed by atoms with Gasteiger partial charge < -0.3 is 4.98 Å². The van der Waals surface area contributed by atoms with Crippen molar-refractivity contribution < 1.29 is 8.42 Å². The van der Waals surface area contributed by atoms with Crippen molar-refractivity contribution in [1.29, 1.82) is 0 Å². The minimum atomic E-state index is -3.25. The lowest BCUT2D eigenvalue weighted by Gasteiger charge is -2.23. The number of nitrogens with one attached hydrogen (secondary N) is 1. The normalized spacial score (nSPS) is 26.3. The largest absolute Gasteiger partial charge is 0.346 e. The van der Waals surface area contributed by atoms with Crippen LogP contribution >= 0.6 is 0 Å². The summed E-state index contributed by atoms with van der Waals surface area (Å²) in [5, 5.41) is 0. The summed E-state index contributed by atoms with van der Waals surface area (Å²) in [6.45, 7) is 4.45. The van der Waals surface area contributed by atoms with E-state index < -0.39 is 10.2 Å². The zero-order valence-electron chi connectivity index (χ0n) is 11.2. The molecule has 2 aliphatic heterocycles. The molecule has 1 N–H and O–H groups in total. The second-order valence-electron chi connectivity index (χ2n) is 5.41. The van der Waals surface area contributed by atoms with Crippen LogP contribution < -0.4 is 0 Å². The number of imidazole rings is 1.